The van der Waals surface area contributed by atoms with Crippen LogP contribution in [0.4, 0.5) is 5.69 Å². The summed E-state index contributed by atoms with van der Waals surface area (Å²) in [4.78, 5) is 25.1. The van der Waals surface area contributed by atoms with Crippen LogP contribution in [0.5, 0.6) is 0 Å². The summed E-state index contributed by atoms with van der Waals surface area (Å²) in [6.45, 7) is 3.97. The van der Waals surface area contributed by atoms with Crippen molar-refractivity contribution < 1.29 is 19.2 Å². The first-order valence-electron chi connectivity index (χ1n) is 7.74. The van der Waals surface area contributed by atoms with Crippen molar-refractivity contribution in [3.8, 4) is 0 Å². The van der Waals surface area contributed by atoms with Crippen molar-refractivity contribution in [3.63, 3.8) is 0 Å². The third-order valence-corrected chi connectivity index (χ3v) is 4.42. The number of piperidine rings is 1. The molecule has 0 bridgehead atoms. The second-order valence-corrected chi connectivity index (χ2v) is 6.49. The Balaban J connectivity index is 1.89. The van der Waals surface area contributed by atoms with E-state index in [0.717, 1.165) is 24.3 Å². The van der Waals surface area contributed by atoms with Crippen LogP contribution in [-0.4, -0.2) is 38.1 Å². The minimum Gasteiger partial charge on any atom is -0.466 e. The number of hydrogen-bond acceptors (Lipinski definition) is 3. The van der Waals surface area contributed by atoms with Crippen molar-refractivity contribution in [1.29, 1.82) is 0 Å². The summed E-state index contributed by atoms with van der Waals surface area (Å²) < 4.78 is 5.07. The zero-order valence-corrected chi connectivity index (χ0v) is 14.5. The number of ether oxygens (including phenoxy) is 1. The monoisotopic (exact) mass is 359 g/mol. The molecule has 2 N–H and O–H groups in total. The molecule has 2 atom stereocenters. The molecule has 1 fully saturated rings. The standard InChI is InChI=1S/C16H20Cl2N2O3/c1-2-23-16(22)11-4-3-7-20(9-11)10-15(21)19-14-8-12(17)5-6-13(14)18/h5-6,8,11H,2-4,7,9-10H2,1H3,(H,19,21)/p+1/t11-/m1/s1. The number of likely N-dealkylation sites (tertiary alicyclic amines) is 1. The van der Waals surface area contributed by atoms with Crippen molar-refractivity contribution in [2.24, 2.45) is 5.92 Å². The summed E-state index contributed by atoms with van der Waals surface area (Å²) in [6, 6.07) is 4.93. The Bertz CT molecular complexity index is 580. The molecule has 1 unspecified atom stereocenters. The number of esters is 1. The maximum absolute atomic E-state index is 12.2. The molecule has 0 aromatic heterocycles. The largest absolute Gasteiger partial charge is 0.466 e. The molecule has 0 saturated carbocycles. The first-order valence-corrected chi connectivity index (χ1v) is 8.50. The van der Waals surface area contributed by atoms with Crippen LogP contribution in [0.2, 0.25) is 10.0 Å². The van der Waals surface area contributed by atoms with Crippen LogP contribution < -0.4 is 10.2 Å². The maximum Gasteiger partial charge on any atom is 0.314 e. The number of anilines is 1. The second-order valence-electron chi connectivity index (χ2n) is 5.64. The van der Waals surface area contributed by atoms with Gasteiger partial charge in [-0.15, -0.1) is 0 Å². The van der Waals surface area contributed by atoms with E-state index in [4.69, 9.17) is 27.9 Å². The molecule has 1 aliphatic rings. The maximum atomic E-state index is 12.2. The summed E-state index contributed by atoms with van der Waals surface area (Å²) in [5.74, 6) is -0.432. The van der Waals surface area contributed by atoms with E-state index in [9.17, 15) is 9.59 Å². The Labute approximate surface area is 145 Å². The first kappa shape index (κ1) is 18.0. The lowest BCUT2D eigenvalue weighted by atomic mass is 9.98. The second kappa shape index (κ2) is 8.52. The average Bonchev–Trinajstić information content (AvgIpc) is 2.51. The number of amides is 1. The van der Waals surface area contributed by atoms with E-state index in [2.05, 4.69) is 5.32 Å². The lowest BCUT2D eigenvalue weighted by Gasteiger charge is -2.28. The van der Waals surface area contributed by atoms with Crippen molar-refractivity contribution in [2.75, 3.05) is 31.6 Å². The Hall–Kier alpha value is -1.30. The van der Waals surface area contributed by atoms with Crippen molar-refractivity contribution in [2.45, 2.75) is 19.8 Å². The summed E-state index contributed by atoms with van der Waals surface area (Å²) in [5, 5.41) is 3.73. The van der Waals surface area contributed by atoms with E-state index >= 15 is 0 Å². The summed E-state index contributed by atoms with van der Waals surface area (Å²) in [5.41, 5.74) is 0.502. The van der Waals surface area contributed by atoms with E-state index < -0.39 is 0 Å². The molecule has 2 rings (SSSR count). The molecule has 1 aromatic rings. The van der Waals surface area contributed by atoms with Gasteiger partial charge in [-0.05, 0) is 38.0 Å². The van der Waals surface area contributed by atoms with Gasteiger partial charge < -0.3 is 15.0 Å². The molecule has 1 amide bonds. The van der Waals surface area contributed by atoms with Crippen molar-refractivity contribution >= 4 is 40.8 Å². The number of rotatable bonds is 5. The van der Waals surface area contributed by atoms with Gasteiger partial charge in [-0.25, -0.2) is 0 Å². The fraction of sp³-hybridized carbons (Fsp3) is 0.500. The van der Waals surface area contributed by atoms with Gasteiger partial charge in [-0.3, -0.25) is 9.59 Å². The first-order chi connectivity index (χ1) is 11.0. The molecule has 1 saturated heterocycles. The van der Waals surface area contributed by atoms with Crippen LogP contribution in [0, 0.1) is 5.92 Å². The lowest BCUT2D eigenvalue weighted by Crippen LogP contribution is -3.14. The van der Waals surface area contributed by atoms with Crippen molar-refractivity contribution in [3.05, 3.63) is 28.2 Å². The molecule has 126 valence electrons. The van der Waals surface area contributed by atoms with Gasteiger partial charge in [0.25, 0.3) is 5.91 Å². The predicted octanol–water partition coefficient (Wildman–Crippen LogP) is 1.79. The SMILES string of the molecule is CCOC(=O)[C@@H]1CCC[NH+](CC(=O)Nc2cc(Cl)ccc2Cl)C1. The highest BCUT2D eigenvalue weighted by atomic mass is 35.5. The fourth-order valence-electron chi connectivity index (χ4n) is 2.79. The normalized spacial score (nSPS) is 20.8. The number of nitrogens with one attached hydrogen (secondary N) is 2. The van der Waals surface area contributed by atoms with Crippen LogP contribution in [-0.2, 0) is 14.3 Å². The quantitative estimate of drug-likeness (QED) is 0.788. The van der Waals surface area contributed by atoms with E-state index in [1.807, 2.05) is 0 Å². The highest BCUT2D eigenvalue weighted by Gasteiger charge is 2.30. The van der Waals surface area contributed by atoms with Gasteiger partial charge in [-0.1, -0.05) is 23.2 Å². The van der Waals surface area contributed by atoms with Crippen LogP contribution in [0.1, 0.15) is 19.8 Å². The summed E-state index contributed by atoms with van der Waals surface area (Å²) in [7, 11) is 0. The highest BCUT2D eigenvalue weighted by Crippen LogP contribution is 2.25. The molecule has 0 radical (unpaired) electrons. The smallest absolute Gasteiger partial charge is 0.314 e. The zero-order chi connectivity index (χ0) is 16.8. The Kier molecular flexibility index (Phi) is 6.69. The summed E-state index contributed by atoms with van der Waals surface area (Å²) >= 11 is 12.0. The summed E-state index contributed by atoms with van der Waals surface area (Å²) in [6.07, 6.45) is 1.73. The zero-order valence-electron chi connectivity index (χ0n) is 13.0. The molecule has 0 aliphatic carbocycles. The van der Waals surface area contributed by atoms with Gasteiger partial charge in [0, 0.05) is 5.02 Å². The van der Waals surface area contributed by atoms with Gasteiger partial charge in [0.1, 0.15) is 5.92 Å². The van der Waals surface area contributed by atoms with E-state index in [0.29, 0.717) is 35.4 Å². The Morgan fingerprint density at radius 2 is 2.17 bits per heavy atom. The van der Waals surface area contributed by atoms with E-state index in [1.54, 1.807) is 25.1 Å². The molecule has 23 heavy (non-hydrogen) atoms. The van der Waals surface area contributed by atoms with Crippen molar-refractivity contribution in [1.82, 2.24) is 0 Å². The van der Waals surface area contributed by atoms with Crippen LogP contribution in [0.3, 0.4) is 0 Å². The van der Waals surface area contributed by atoms with Gasteiger partial charge in [0.2, 0.25) is 0 Å². The third kappa shape index (κ3) is 5.37. The molecule has 7 heteroatoms. The predicted molar refractivity (Wildman–Crippen MR) is 90.0 cm³/mol. The number of hydrogen-bond donors (Lipinski definition) is 2. The highest BCUT2D eigenvalue weighted by molar-refractivity contribution is 6.35. The molecular weight excluding hydrogens is 339 g/mol. The van der Waals surface area contributed by atoms with Gasteiger partial charge in [0.15, 0.2) is 6.54 Å². The molecule has 1 heterocycles. The minimum atomic E-state index is -0.164. The number of carbonyl (C=O) groups is 2. The Morgan fingerprint density at radius 1 is 1.39 bits per heavy atom. The molecule has 5 nitrogen and oxygen atoms in total. The van der Waals surface area contributed by atoms with Crippen LogP contribution in [0.25, 0.3) is 0 Å². The third-order valence-electron chi connectivity index (χ3n) is 3.85. The average molecular weight is 360 g/mol. The van der Waals surface area contributed by atoms with E-state index in [1.165, 1.54) is 0 Å². The topological polar surface area (TPSA) is 59.8 Å². The molecular formula is C16H21Cl2N2O3+. The lowest BCUT2D eigenvalue weighted by molar-refractivity contribution is -0.899. The van der Waals surface area contributed by atoms with Crippen LogP contribution >= 0.6 is 23.2 Å². The molecule has 1 aromatic carbocycles. The number of benzene rings is 1. The fourth-order valence-corrected chi connectivity index (χ4v) is 3.12. The molecule has 1 aliphatic heterocycles. The number of carbonyl (C=O) groups excluding carboxylic acids is 2. The Morgan fingerprint density at radius 3 is 2.91 bits per heavy atom. The minimum absolute atomic E-state index is 0.124. The van der Waals surface area contributed by atoms with Gasteiger partial charge >= 0.3 is 5.97 Å². The molecule has 0 spiro atoms. The van der Waals surface area contributed by atoms with Gasteiger partial charge in [0.05, 0.1) is 30.4 Å². The number of halogens is 2. The van der Waals surface area contributed by atoms with Crippen LogP contribution in [0.15, 0.2) is 18.2 Å². The van der Waals surface area contributed by atoms with E-state index in [-0.39, 0.29) is 17.8 Å². The van der Waals surface area contributed by atoms with Gasteiger partial charge in [-0.2, -0.15) is 0 Å². The number of quaternary nitrogens is 1.